The van der Waals surface area contributed by atoms with E-state index in [2.05, 4.69) is 29.1 Å². The van der Waals surface area contributed by atoms with Crippen molar-refractivity contribution >= 4 is 11.6 Å². The maximum absolute atomic E-state index is 12.3. The fourth-order valence-corrected chi connectivity index (χ4v) is 2.22. The SMILES string of the molecule is CC(C)c1ccc(NC(=O)c2ccc(-n3ccnc3)nc2)cc1. The van der Waals surface area contributed by atoms with Crippen LogP contribution in [0.2, 0.25) is 0 Å². The summed E-state index contributed by atoms with van der Waals surface area (Å²) < 4.78 is 1.78. The fourth-order valence-electron chi connectivity index (χ4n) is 2.22. The van der Waals surface area contributed by atoms with Gasteiger partial charge >= 0.3 is 0 Å². The molecule has 1 amide bonds. The van der Waals surface area contributed by atoms with Crippen LogP contribution >= 0.6 is 0 Å². The van der Waals surface area contributed by atoms with Gasteiger partial charge in [0, 0.05) is 24.3 Å². The Kier molecular flexibility index (Phi) is 4.19. The minimum atomic E-state index is -0.174. The molecule has 0 saturated carbocycles. The van der Waals surface area contributed by atoms with E-state index in [1.807, 2.05) is 24.3 Å². The van der Waals surface area contributed by atoms with Gasteiger partial charge in [0.05, 0.1) is 5.56 Å². The predicted molar refractivity (Wildman–Crippen MR) is 89.8 cm³/mol. The summed E-state index contributed by atoms with van der Waals surface area (Å²) in [7, 11) is 0. The van der Waals surface area contributed by atoms with Crippen LogP contribution in [0.15, 0.2) is 61.3 Å². The molecule has 0 atom stereocenters. The van der Waals surface area contributed by atoms with E-state index in [1.54, 1.807) is 41.6 Å². The molecule has 1 aromatic carbocycles. The number of aromatic nitrogens is 3. The van der Waals surface area contributed by atoms with E-state index in [1.165, 1.54) is 5.56 Å². The molecule has 0 aliphatic carbocycles. The topological polar surface area (TPSA) is 59.8 Å². The lowest BCUT2D eigenvalue weighted by molar-refractivity contribution is 0.102. The monoisotopic (exact) mass is 306 g/mol. The van der Waals surface area contributed by atoms with Gasteiger partial charge in [-0.15, -0.1) is 0 Å². The fraction of sp³-hybridized carbons (Fsp3) is 0.167. The molecule has 5 nitrogen and oxygen atoms in total. The van der Waals surface area contributed by atoms with Crippen LogP contribution in [-0.2, 0) is 0 Å². The molecule has 2 aromatic heterocycles. The lowest BCUT2D eigenvalue weighted by Crippen LogP contribution is -2.12. The number of imidazole rings is 1. The maximum Gasteiger partial charge on any atom is 0.257 e. The summed E-state index contributed by atoms with van der Waals surface area (Å²) in [6.45, 7) is 4.28. The normalized spacial score (nSPS) is 10.7. The van der Waals surface area contributed by atoms with Crippen LogP contribution in [0.25, 0.3) is 5.82 Å². The van der Waals surface area contributed by atoms with Crippen LogP contribution in [0.1, 0.15) is 35.7 Å². The van der Waals surface area contributed by atoms with E-state index in [9.17, 15) is 4.79 Å². The molecule has 0 fully saturated rings. The van der Waals surface area contributed by atoms with Crippen molar-refractivity contribution in [2.75, 3.05) is 5.32 Å². The zero-order valence-corrected chi connectivity index (χ0v) is 13.1. The molecular formula is C18H18N4O. The summed E-state index contributed by atoms with van der Waals surface area (Å²) in [4.78, 5) is 20.5. The summed E-state index contributed by atoms with van der Waals surface area (Å²) >= 11 is 0. The van der Waals surface area contributed by atoms with Crippen LogP contribution in [0, 0.1) is 0 Å². The molecule has 0 aliphatic rings. The van der Waals surface area contributed by atoms with Gasteiger partial charge in [-0.05, 0) is 35.7 Å². The van der Waals surface area contributed by atoms with Crippen molar-refractivity contribution in [2.45, 2.75) is 19.8 Å². The summed E-state index contributed by atoms with van der Waals surface area (Å²) in [5.41, 5.74) is 2.54. The lowest BCUT2D eigenvalue weighted by Gasteiger charge is -2.09. The largest absolute Gasteiger partial charge is 0.322 e. The van der Waals surface area contributed by atoms with Gasteiger partial charge in [-0.3, -0.25) is 9.36 Å². The van der Waals surface area contributed by atoms with Crippen molar-refractivity contribution < 1.29 is 4.79 Å². The van der Waals surface area contributed by atoms with Crippen molar-refractivity contribution in [3.63, 3.8) is 0 Å². The van der Waals surface area contributed by atoms with Crippen molar-refractivity contribution in [2.24, 2.45) is 0 Å². The summed E-state index contributed by atoms with van der Waals surface area (Å²) in [5.74, 6) is 1.02. The number of benzene rings is 1. The van der Waals surface area contributed by atoms with Crippen LogP contribution in [-0.4, -0.2) is 20.4 Å². The number of nitrogens with one attached hydrogen (secondary N) is 1. The van der Waals surface area contributed by atoms with Crippen molar-refractivity contribution in [1.29, 1.82) is 0 Å². The van der Waals surface area contributed by atoms with Crippen molar-refractivity contribution in [3.8, 4) is 5.82 Å². The highest BCUT2D eigenvalue weighted by molar-refractivity contribution is 6.04. The van der Waals surface area contributed by atoms with Gasteiger partial charge in [0.25, 0.3) is 5.91 Å². The van der Waals surface area contributed by atoms with E-state index in [0.717, 1.165) is 11.5 Å². The van der Waals surface area contributed by atoms with E-state index in [-0.39, 0.29) is 5.91 Å². The third kappa shape index (κ3) is 3.45. The van der Waals surface area contributed by atoms with E-state index in [4.69, 9.17) is 0 Å². The number of nitrogens with zero attached hydrogens (tertiary/aromatic N) is 3. The van der Waals surface area contributed by atoms with Gasteiger partial charge in [0.2, 0.25) is 0 Å². The Morgan fingerprint density at radius 3 is 2.48 bits per heavy atom. The van der Waals surface area contributed by atoms with Crippen LogP contribution in [0.5, 0.6) is 0 Å². The Morgan fingerprint density at radius 1 is 1.13 bits per heavy atom. The molecule has 5 heteroatoms. The van der Waals surface area contributed by atoms with E-state index >= 15 is 0 Å². The summed E-state index contributed by atoms with van der Waals surface area (Å²) in [5, 5.41) is 2.88. The maximum atomic E-state index is 12.3. The molecule has 1 N–H and O–H groups in total. The highest BCUT2D eigenvalue weighted by atomic mass is 16.1. The van der Waals surface area contributed by atoms with Gasteiger partial charge in [0.15, 0.2) is 0 Å². The number of amides is 1. The molecule has 2 heterocycles. The number of anilines is 1. The first-order chi connectivity index (χ1) is 11.1. The smallest absolute Gasteiger partial charge is 0.257 e. The van der Waals surface area contributed by atoms with Gasteiger partial charge in [0.1, 0.15) is 12.1 Å². The predicted octanol–water partition coefficient (Wildman–Crippen LogP) is 3.64. The Morgan fingerprint density at radius 2 is 1.91 bits per heavy atom. The van der Waals surface area contributed by atoms with Crippen molar-refractivity contribution in [3.05, 3.63) is 72.4 Å². The number of carbonyl (C=O) groups is 1. The molecule has 0 unspecified atom stereocenters. The lowest BCUT2D eigenvalue weighted by atomic mass is 10.0. The second-order valence-corrected chi connectivity index (χ2v) is 5.61. The molecule has 0 saturated heterocycles. The third-order valence-electron chi connectivity index (χ3n) is 3.61. The molecule has 0 bridgehead atoms. The standard InChI is InChI=1S/C18H18N4O/c1-13(2)14-3-6-16(7-4-14)21-18(23)15-5-8-17(20-11-15)22-10-9-19-12-22/h3-13H,1-2H3,(H,21,23). The zero-order chi connectivity index (χ0) is 16.2. The Hall–Kier alpha value is -2.95. The second kappa shape index (κ2) is 6.44. The first kappa shape index (κ1) is 15.0. The first-order valence-electron chi connectivity index (χ1n) is 7.49. The average Bonchev–Trinajstić information content (AvgIpc) is 3.10. The van der Waals surface area contributed by atoms with Gasteiger partial charge in [-0.25, -0.2) is 9.97 Å². The van der Waals surface area contributed by atoms with Crippen LogP contribution in [0.3, 0.4) is 0 Å². The molecule has 3 aromatic rings. The molecule has 23 heavy (non-hydrogen) atoms. The molecule has 0 aliphatic heterocycles. The van der Waals surface area contributed by atoms with E-state index < -0.39 is 0 Å². The number of pyridine rings is 1. The van der Waals surface area contributed by atoms with Gasteiger partial charge < -0.3 is 5.32 Å². The zero-order valence-electron chi connectivity index (χ0n) is 13.1. The number of carbonyl (C=O) groups excluding carboxylic acids is 1. The minimum Gasteiger partial charge on any atom is -0.322 e. The Labute approximate surface area is 135 Å². The molecule has 3 rings (SSSR count). The Balaban J connectivity index is 1.70. The highest BCUT2D eigenvalue weighted by Crippen LogP contribution is 2.17. The average molecular weight is 306 g/mol. The highest BCUT2D eigenvalue weighted by Gasteiger charge is 2.08. The van der Waals surface area contributed by atoms with Crippen molar-refractivity contribution in [1.82, 2.24) is 14.5 Å². The summed E-state index contributed by atoms with van der Waals surface area (Å²) in [6.07, 6.45) is 6.72. The third-order valence-corrected chi connectivity index (χ3v) is 3.61. The molecule has 0 spiro atoms. The first-order valence-corrected chi connectivity index (χ1v) is 7.49. The van der Waals surface area contributed by atoms with E-state index in [0.29, 0.717) is 11.5 Å². The number of rotatable bonds is 4. The van der Waals surface area contributed by atoms with Crippen LogP contribution < -0.4 is 5.32 Å². The summed E-state index contributed by atoms with van der Waals surface area (Å²) in [6, 6.07) is 11.4. The number of hydrogen-bond acceptors (Lipinski definition) is 3. The van der Waals surface area contributed by atoms with Crippen LogP contribution in [0.4, 0.5) is 5.69 Å². The molecular weight excluding hydrogens is 288 g/mol. The molecule has 0 radical (unpaired) electrons. The molecule has 116 valence electrons. The minimum absolute atomic E-state index is 0.174. The van der Waals surface area contributed by atoms with Gasteiger partial charge in [-0.1, -0.05) is 26.0 Å². The number of hydrogen-bond donors (Lipinski definition) is 1. The Bertz CT molecular complexity index is 775. The van der Waals surface area contributed by atoms with Gasteiger partial charge in [-0.2, -0.15) is 0 Å². The quantitative estimate of drug-likeness (QED) is 0.800. The second-order valence-electron chi connectivity index (χ2n) is 5.61.